The number of carboxylic acids is 1. The van der Waals surface area contributed by atoms with E-state index in [0.29, 0.717) is 13.1 Å². The Morgan fingerprint density at radius 1 is 1.53 bits per heavy atom. The molecule has 1 saturated heterocycles. The second-order valence-corrected chi connectivity index (χ2v) is 4.52. The topological polar surface area (TPSA) is 86.7 Å². The van der Waals surface area contributed by atoms with Crippen LogP contribution in [0.25, 0.3) is 0 Å². The largest absolute Gasteiger partial charge is 0.481 e. The SMILES string of the molecule is CC(C)C(=O)NCCN1CC(C(=O)O)CC1=O. The molecule has 96 valence electrons. The summed E-state index contributed by atoms with van der Waals surface area (Å²) < 4.78 is 0. The van der Waals surface area contributed by atoms with Crippen LogP contribution in [0.15, 0.2) is 0 Å². The van der Waals surface area contributed by atoms with Crippen LogP contribution in [0.5, 0.6) is 0 Å². The van der Waals surface area contributed by atoms with E-state index in [0.717, 1.165) is 0 Å². The number of nitrogens with zero attached hydrogens (tertiary/aromatic N) is 1. The number of nitrogens with one attached hydrogen (secondary N) is 1. The van der Waals surface area contributed by atoms with Crippen LogP contribution >= 0.6 is 0 Å². The van der Waals surface area contributed by atoms with E-state index in [1.165, 1.54) is 4.90 Å². The lowest BCUT2D eigenvalue weighted by Crippen LogP contribution is -2.37. The highest BCUT2D eigenvalue weighted by molar-refractivity contribution is 5.86. The van der Waals surface area contributed by atoms with Crippen molar-refractivity contribution in [1.29, 1.82) is 0 Å². The van der Waals surface area contributed by atoms with Crippen LogP contribution in [0, 0.1) is 11.8 Å². The molecule has 0 aliphatic carbocycles. The summed E-state index contributed by atoms with van der Waals surface area (Å²) in [6.45, 7) is 4.56. The molecule has 17 heavy (non-hydrogen) atoms. The summed E-state index contributed by atoms with van der Waals surface area (Å²) in [7, 11) is 0. The fraction of sp³-hybridized carbons (Fsp3) is 0.727. The van der Waals surface area contributed by atoms with Gasteiger partial charge in [-0.05, 0) is 0 Å². The summed E-state index contributed by atoms with van der Waals surface area (Å²) in [5.74, 6) is -1.85. The molecule has 0 aromatic carbocycles. The molecule has 0 aromatic heterocycles. The van der Waals surface area contributed by atoms with Crippen molar-refractivity contribution < 1.29 is 19.5 Å². The molecule has 0 radical (unpaired) electrons. The number of aliphatic carboxylic acids is 1. The molecule has 6 heteroatoms. The summed E-state index contributed by atoms with van der Waals surface area (Å²) in [5, 5.41) is 11.5. The highest BCUT2D eigenvalue weighted by Crippen LogP contribution is 2.17. The predicted octanol–water partition coefficient (Wildman–Crippen LogP) is -0.308. The first-order valence-corrected chi connectivity index (χ1v) is 5.70. The molecule has 2 N–H and O–H groups in total. The summed E-state index contributed by atoms with van der Waals surface area (Å²) in [4.78, 5) is 34.9. The zero-order chi connectivity index (χ0) is 13.0. The van der Waals surface area contributed by atoms with Crippen LogP contribution in [0.2, 0.25) is 0 Å². The van der Waals surface area contributed by atoms with Gasteiger partial charge in [0.1, 0.15) is 0 Å². The molecule has 1 atom stereocenters. The van der Waals surface area contributed by atoms with Crippen LogP contribution in [-0.2, 0) is 14.4 Å². The van der Waals surface area contributed by atoms with Gasteiger partial charge in [-0.3, -0.25) is 14.4 Å². The van der Waals surface area contributed by atoms with Gasteiger partial charge >= 0.3 is 5.97 Å². The maximum absolute atomic E-state index is 11.4. The number of hydrogen-bond acceptors (Lipinski definition) is 3. The van der Waals surface area contributed by atoms with Crippen LogP contribution in [0.4, 0.5) is 0 Å². The van der Waals surface area contributed by atoms with E-state index in [4.69, 9.17) is 5.11 Å². The van der Waals surface area contributed by atoms with Gasteiger partial charge in [0.05, 0.1) is 5.92 Å². The van der Waals surface area contributed by atoms with Crippen LogP contribution in [0.3, 0.4) is 0 Å². The zero-order valence-electron chi connectivity index (χ0n) is 10.1. The van der Waals surface area contributed by atoms with Gasteiger partial charge in [-0.15, -0.1) is 0 Å². The second kappa shape index (κ2) is 5.65. The molecule has 6 nitrogen and oxygen atoms in total. The van der Waals surface area contributed by atoms with E-state index < -0.39 is 11.9 Å². The normalized spacial score (nSPS) is 19.8. The third-order valence-electron chi connectivity index (χ3n) is 2.77. The average molecular weight is 242 g/mol. The van der Waals surface area contributed by atoms with Crippen LogP contribution in [0.1, 0.15) is 20.3 Å². The third-order valence-corrected chi connectivity index (χ3v) is 2.77. The van der Waals surface area contributed by atoms with Gasteiger partial charge < -0.3 is 15.3 Å². The number of carboxylic acid groups (broad SMARTS) is 1. The van der Waals surface area contributed by atoms with Gasteiger partial charge in [0.15, 0.2) is 0 Å². The van der Waals surface area contributed by atoms with Crippen LogP contribution < -0.4 is 5.32 Å². The smallest absolute Gasteiger partial charge is 0.308 e. The Balaban J connectivity index is 2.31. The van der Waals surface area contributed by atoms with E-state index in [1.54, 1.807) is 13.8 Å². The number of likely N-dealkylation sites (tertiary alicyclic amines) is 1. The van der Waals surface area contributed by atoms with E-state index in [9.17, 15) is 14.4 Å². The Bertz CT molecular complexity index is 327. The minimum Gasteiger partial charge on any atom is -0.481 e. The molecule has 0 saturated carbocycles. The standard InChI is InChI=1S/C11H18N2O4/c1-7(2)10(15)12-3-4-13-6-8(11(16)17)5-9(13)14/h7-8H,3-6H2,1-2H3,(H,12,15)(H,16,17). The Morgan fingerprint density at radius 3 is 2.65 bits per heavy atom. The molecule has 0 spiro atoms. The summed E-state index contributed by atoms with van der Waals surface area (Å²) >= 11 is 0. The molecule has 1 aliphatic heterocycles. The highest BCUT2D eigenvalue weighted by atomic mass is 16.4. The van der Waals surface area contributed by atoms with E-state index >= 15 is 0 Å². The molecule has 1 heterocycles. The molecule has 1 aliphatic rings. The van der Waals surface area contributed by atoms with Crippen molar-refractivity contribution in [2.75, 3.05) is 19.6 Å². The third kappa shape index (κ3) is 3.72. The minimum absolute atomic E-state index is 0.0630. The lowest BCUT2D eigenvalue weighted by Gasteiger charge is -2.16. The van der Waals surface area contributed by atoms with Gasteiger partial charge in [-0.1, -0.05) is 13.8 Å². The lowest BCUT2D eigenvalue weighted by atomic mass is 10.1. The number of rotatable bonds is 5. The maximum Gasteiger partial charge on any atom is 0.308 e. The predicted molar refractivity (Wildman–Crippen MR) is 60.2 cm³/mol. The molecule has 1 rings (SSSR count). The van der Waals surface area contributed by atoms with Crippen molar-refractivity contribution in [3.8, 4) is 0 Å². The van der Waals surface area contributed by atoms with Gasteiger partial charge in [0.2, 0.25) is 11.8 Å². The molecular weight excluding hydrogens is 224 g/mol. The molecule has 0 bridgehead atoms. The molecule has 1 unspecified atom stereocenters. The van der Waals surface area contributed by atoms with E-state index in [1.807, 2.05) is 0 Å². The summed E-state index contributed by atoms with van der Waals surface area (Å²) in [6.07, 6.45) is 0.0630. The van der Waals surface area contributed by atoms with Gasteiger partial charge in [0.25, 0.3) is 0 Å². The minimum atomic E-state index is -0.938. The van der Waals surface area contributed by atoms with Crippen molar-refractivity contribution in [3.05, 3.63) is 0 Å². The highest BCUT2D eigenvalue weighted by Gasteiger charge is 2.33. The number of carbonyl (C=O) groups is 3. The van der Waals surface area contributed by atoms with Crippen molar-refractivity contribution >= 4 is 17.8 Å². The monoisotopic (exact) mass is 242 g/mol. The first-order valence-electron chi connectivity index (χ1n) is 5.70. The Kier molecular flexibility index (Phi) is 4.48. The van der Waals surface area contributed by atoms with Gasteiger partial charge in [-0.2, -0.15) is 0 Å². The molecule has 1 fully saturated rings. The first-order chi connectivity index (χ1) is 7.91. The zero-order valence-corrected chi connectivity index (χ0v) is 10.1. The fourth-order valence-electron chi connectivity index (χ4n) is 1.67. The number of carbonyl (C=O) groups excluding carboxylic acids is 2. The molecule has 0 aromatic rings. The fourth-order valence-corrected chi connectivity index (χ4v) is 1.67. The van der Waals surface area contributed by atoms with Gasteiger partial charge in [-0.25, -0.2) is 0 Å². The summed E-state index contributed by atoms with van der Waals surface area (Å²) in [6, 6.07) is 0. The average Bonchev–Trinajstić information content (AvgIpc) is 2.60. The van der Waals surface area contributed by atoms with Crippen LogP contribution in [-0.4, -0.2) is 47.4 Å². The van der Waals surface area contributed by atoms with E-state index in [2.05, 4.69) is 5.32 Å². The quantitative estimate of drug-likeness (QED) is 0.692. The first kappa shape index (κ1) is 13.5. The molecule has 2 amide bonds. The van der Waals surface area contributed by atoms with Crippen molar-refractivity contribution in [3.63, 3.8) is 0 Å². The Morgan fingerprint density at radius 2 is 2.18 bits per heavy atom. The second-order valence-electron chi connectivity index (χ2n) is 4.52. The number of hydrogen-bond donors (Lipinski definition) is 2. The Labute approximate surface area is 100.0 Å². The lowest BCUT2D eigenvalue weighted by molar-refractivity contribution is -0.141. The summed E-state index contributed by atoms with van der Waals surface area (Å²) in [5.41, 5.74) is 0. The Hall–Kier alpha value is -1.59. The maximum atomic E-state index is 11.4. The van der Waals surface area contributed by atoms with E-state index in [-0.39, 0.29) is 30.7 Å². The van der Waals surface area contributed by atoms with Crippen molar-refractivity contribution in [1.82, 2.24) is 10.2 Å². The van der Waals surface area contributed by atoms with Gasteiger partial charge in [0, 0.05) is 32.0 Å². The van der Waals surface area contributed by atoms with Crippen molar-refractivity contribution in [2.45, 2.75) is 20.3 Å². The number of amides is 2. The molecular formula is C11H18N2O4. The van der Waals surface area contributed by atoms with Crippen molar-refractivity contribution in [2.24, 2.45) is 11.8 Å².